The van der Waals surface area contributed by atoms with Crippen molar-refractivity contribution in [1.29, 1.82) is 0 Å². The van der Waals surface area contributed by atoms with Gasteiger partial charge < -0.3 is 33.3 Å². The molecule has 0 aliphatic heterocycles. The molecule has 9 heteroatoms. The van der Waals surface area contributed by atoms with Crippen LogP contribution in [0, 0.1) is 0 Å². The first-order chi connectivity index (χ1) is 39.6. The molecule has 0 spiro atoms. The van der Waals surface area contributed by atoms with E-state index in [9.17, 15) is 19.5 Å². The molecule has 0 saturated heterocycles. The lowest BCUT2D eigenvalue weighted by atomic mass is 10.0. The van der Waals surface area contributed by atoms with Gasteiger partial charge in [0, 0.05) is 12.8 Å². The number of carboxylic acids is 1. The SMILES string of the molecule is CC/C=C\C/C=C\C/C=C\C/C=C\C/C=C\C/C=C\CCCCCCCCCCCCCCCCCCC(=O)OC(COC(=O)CCCCCCC/C=C\C/C=C\C/C=C\C/C=C\C/C=C\CC)COC(OCC[N+](C)(C)C)C(=O)[O-]. The lowest BCUT2D eigenvalue weighted by molar-refractivity contribution is -0.870. The van der Waals surface area contributed by atoms with Crippen LogP contribution in [-0.2, 0) is 33.3 Å². The number of ether oxygens (including phenoxy) is 4. The van der Waals surface area contributed by atoms with Crippen molar-refractivity contribution in [2.24, 2.45) is 0 Å². The number of hydrogen-bond donors (Lipinski definition) is 0. The quantitative estimate of drug-likeness (QED) is 0.0195. The van der Waals surface area contributed by atoms with Crippen LogP contribution < -0.4 is 5.11 Å². The van der Waals surface area contributed by atoms with E-state index in [2.05, 4.69) is 148 Å². The Morgan fingerprint density at radius 1 is 0.370 bits per heavy atom. The van der Waals surface area contributed by atoms with E-state index in [4.69, 9.17) is 18.9 Å². The van der Waals surface area contributed by atoms with Crippen molar-refractivity contribution in [2.45, 2.75) is 257 Å². The molecular formula is C72H119NO8. The maximum atomic E-state index is 12.9. The van der Waals surface area contributed by atoms with Gasteiger partial charge in [0.2, 0.25) is 0 Å². The highest BCUT2D eigenvalue weighted by molar-refractivity contribution is 5.70. The summed E-state index contributed by atoms with van der Waals surface area (Å²) in [4.78, 5) is 37.4. The van der Waals surface area contributed by atoms with Crippen molar-refractivity contribution in [2.75, 3.05) is 47.5 Å². The first kappa shape index (κ1) is 76.4. The van der Waals surface area contributed by atoms with Crippen LogP contribution in [0.4, 0.5) is 0 Å². The highest BCUT2D eigenvalue weighted by Crippen LogP contribution is 2.16. The Balaban J connectivity index is 4.17. The Labute approximate surface area is 497 Å². The second-order valence-corrected chi connectivity index (χ2v) is 22.3. The van der Waals surface area contributed by atoms with Crippen molar-refractivity contribution in [3.8, 4) is 0 Å². The molecule has 9 nitrogen and oxygen atoms in total. The fraction of sp³-hybridized carbons (Fsp3) is 0.653. The summed E-state index contributed by atoms with van der Waals surface area (Å²) in [5.41, 5.74) is 0. The molecule has 2 atom stereocenters. The number of esters is 2. The van der Waals surface area contributed by atoms with E-state index in [1.165, 1.54) is 83.5 Å². The van der Waals surface area contributed by atoms with Gasteiger partial charge in [-0.1, -0.05) is 257 Å². The van der Waals surface area contributed by atoms with Crippen LogP contribution in [0.3, 0.4) is 0 Å². The summed E-state index contributed by atoms with van der Waals surface area (Å²) in [7, 11) is 5.91. The molecule has 0 aromatic rings. The number of quaternary nitrogens is 1. The molecule has 460 valence electrons. The standard InChI is InChI=1S/C72H119NO8/c1-6-8-10-12-14-16-18-20-22-24-26-28-29-30-31-32-33-34-35-36-37-38-39-40-41-43-45-47-49-51-53-55-57-59-61-63-70(75)81-68(67-80-72(71(76)77)78-65-64-73(3,4)5)66-79-69(74)62-60-58-56-54-52-50-48-46-44-42-27-25-23-21-19-17-15-13-11-9-7-2/h8-11,14-17,20-23,26-28,30-31,33-34,42,46,48,68,72H,6-7,12-13,18-19,24-25,29,32,35-41,43-45,47,49-67H2,1-5H3/b10-8-,11-9-,16-14-,17-15-,22-20-,23-21-,28-26-,31-30-,34-33-,42-27-,48-46-. The van der Waals surface area contributed by atoms with Crippen LogP contribution >= 0.6 is 0 Å². The van der Waals surface area contributed by atoms with Crippen molar-refractivity contribution >= 4 is 17.9 Å². The fourth-order valence-electron chi connectivity index (χ4n) is 8.51. The molecule has 0 heterocycles. The van der Waals surface area contributed by atoms with Crippen LogP contribution in [0.5, 0.6) is 0 Å². The van der Waals surface area contributed by atoms with Gasteiger partial charge in [-0.3, -0.25) is 9.59 Å². The lowest BCUT2D eigenvalue weighted by Gasteiger charge is -2.26. The minimum absolute atomic E-state index is 0.138. The zero-order valence-corrected chi connectivity index (χ0v) is 52.4. The van der Waals surface area contributed by atoms with Crippen LogP contribution in [0.2, 0.25) is 0 Å². The molecule has 0 radical (unpaired) electrons. The van der Waals surface area contributed by atoms with E-state index in [0.29, 0.717) is 23.9 Å². The molecule has 0 fully saturated rings. The second-order valence-electron chi connectivity index (χ2n) is 22.3. The van der Waals surface area contributed by atoms with E-state index in [1.54, 1.807) is 0 Å². The number of carbonyl (C=O) groups excluding carboxylic acids is 3. The summed E-state index contributed by atoms with van der Waals surface area (Å²) < 4.78 is 22.7. The van der Waals surface area contributed by atoms with Gasteiger partial charge in [-0.05, 0) is 109 Å². The number of allylic oxidation sites excluding steroid dienone is 22. The highest BCUT2D eigenvalue weighted by Gasteiger charge is 2.22. The van der Waals surface area contributed by atoms with Gasteiger partial charge in [-0.15, -0.1) is 0 Å². The van der Waals surface area contributed by atoms with Gasteiger partial charge in [0.15, 0.2) is 12.4 Å². The average molecular weight is 1130 g/mol. The largest absolute Gasteiger partial charge is 0.545 e. The van der Waals surface area contributed by atoms with Gasteiger partial charge in [0.25, 0.3) is 0 Å². The average Bonchev–Trinajstić information content (AvgIpc) is 3.44. The third kappa shape index (κ3) is 62.9. The molecular weight excluding hydrogens is 1010 g/mol. The van der Waals surface area contributed by atoms with E-state index in [1.807, 2.05) is 21.1 Å². The zero-order valence-electron chi connectivity index (χ0n) is 52.4. The molecule has 81 heavy (non-hydrogen) atoms. The third-order valence-corrected chi connectivity index (χ3v) is 13.4. The summed E-state index contributed by atoms with van der Waals surface area (Å²) in [5.74, 6) is -2.31. The first-order valence-corrected chi connectivity index (χ1v) is 32.3. The van der Waals surface area contributed by atoms with Gasteiger partial charge >= 0.3 is 11.9 Å². The normalized spacial score (nSPS) is 13.6. The van der Waals surface area contributed by atoms with Crippen molar-refractivity contribution < 1.29 is 42.9 Å². The van der Waals surface area contributed by atoms with Gasteiger partial charge in [-0.25, -0.2) is 0 Å². The number of rotatable bonds is 58. The predicted octanol–water partition coefficient (Wildman–Crippen LogP) is 18.5. The number of carboxylic acid groups (broad SMARTS) is 1. The third-order valence-electron chi connectivity index (χ3n) is 13.4. The molecule has 0 rings (SSSR count). The number of aliphatic carboxylic acids is 1. The molecule has 0 saturated carbocycles. The van der Waals surface area contributed by atoms with E-state index in [0.717, 1.165) is 122 Å². The van der Waals surface area contributed by atoms with Gasteiger partial charge in [-0.2, -0.15) is 0 Å². The Hall–Kier alpha value is -4.57. The van der Waals surface area contributed by atoms with E-state index < -0.39 is 24.3 Å². The van der Waals surface area contributed by atoms with Crippen LogP contribution in [-0.4, -0.2) is 82.3 Å². The van der Waals surface area contributed by atoms with Crippen molar-refractivity contribution in [1.82, 2.24) is 0 Å². The molecule has 2 unspecified atom stereocenters. The Bertz CT molecular complexity index is 1790. The zero-order chi connectivity index (χ0) is 59.1. The Morgan fingerprint density at radius 3 is 0.988 bits per heavy atom. The topological polar surface area (TPSA) is 111 Å². The second kappa shape index (κ2) is 61.5. The monoisotopic (exact) mass is 1130 g/mol. The highest BCUT2D eigenvalue weighted by atomic mass is 16.7. The number of carbonyl (C=O) groups is 3. The smallest absolute Gasteiger partial charge is 0.306 e. The summed E-state index contributed by atoms with van der Waals surface area (Å²) in [6.45, 7) is 4.49. The van der Waals surface area contributed by atoms with Crippen LogP contribution in [0.1, 0.15) is 245 Å². The minimum atomic E-state index is -1.63. The molecule has 0 aromatic carbocycles. The fourth-order valence-corrected chi connectivity index (χ4v) is 8.51. The summed E-state index contributed by atoms with van der Waals surface area (Å²) in [6, 6.07) is 0. The molecule has 0 amide bonds. The number of hydrogen-bond acceptors (Lipinski definition) is 8. The summed E-state index contributed by atoms with van der Waals surface area (Å²) in [6.07, 6.45) is 85.1. The summed E-state index contributed by atoms with van der Waals surface area (Å²) in [5, 5.41) is 11.8. The number of nitrogens with zero attached hydrogens (tertiary/aromatic N) is 1. The first-order valence-electron chi connectivity index (χ1n) is 32.3. The Morgan fingerprint density at radius 2 is 0.667 bits per heavy atom. The van der Waals surface area contributed by atoms with Crippen LogP contribution in [0.25, 0.3) is 0 Å². The van der Waals surface area contributed by atoms with Gasteiger partial charge in [0.1, 0.15) is 13.2 Å². The number of unbranched alkanes of at least 4 members (excludes halogenated alkanes) is 21. The molecule has 0 aliphatic carbocycles. The van der Waals surface area contributed by atoms with Gasteiger partial charge in [0.05, 0.1) is 40.3 Å². The Kier molecular flexibility index (Phi) is 58.0. The molecule has 0 aliphatic rings. The molecule has 0 aromatic heterocycles. The summed E-state index contributed by atoms with van der Waals surface area (Å²) >= 11 is 0. The van der Waals surface area contributed by atoms with Crippen LogP contribution in [0.15, 0.2) is 134 Å². The minimum Gasteiger partial charge on any atom is -0.545 e. The molecule has 0 N–H and O–H groups in total. The maximum Gasteiger partial charge on any atom is 0.306 e. The van der Waals surface area contributed by atoms with E-state index >= 15 is 0 Å². The van der Waals surface area contributed by atoms with E-state index in [-0.39, 0.29) is 38.6 Å². The number of likely N-dealkylation sites (N-methyl/N-ethyl adjacent to an activating group) is 1. The maximum absolute atomic E-state index is 12.9. The van der Waals surface area contributed by atoms with Crippen molar-refractivity contribution in [3.05, 3.63) is 134 Å². The van der Waals surface area contributed by atoms with Crippen molar-refractivity contribution in [3.63, 3.8) is 0 Å². The molecule has 0 bridgehead atoms. The predicted molar refractivity (Wildman–Crippen MR) is 343 cm³/mol. The lowest BCUT2D eigenvalue weighted by Crippen LogP contribution is -2.44.